The molecule has 4 nitrogen and oxygen atoms in total. The zero-order valence-corrected chi connectivity index (χ0v) is 14.2. The van der Waals surface area contributed by atoms with Gasteiger partial charge in [-0.25, -0.2) is 4.98 Å². The molecular formula is C16H19BrN2O2. The van der Waals surface area contributed by atoms with E-state index in [1.807, 2.05) is 6.92 Å². The molecule has 1 aliphatic rings. The van der Waals surface area contributed by atoms with E-state index in [0.717, 1.165) is 31.6 Å². The molecule has 0 radical (unpaired) electrons. The van der Waals surface area contributed by atoms with Crippen molar-refractivity contribution in [2.24, 2.45) is 5.41 Å². The van der Waals surface area contributed by atoms with E-state index in [0.29, 0.717) is 26.9 Å². The van der Waals surface area contributed by atoms with Crippen molar-refractivity contribution in [1.82, 2.24) is 4.98 Å². The second-order valence-corrected chi connectivity index (χ2v) is 7.28. The van der Waals surface area contributed by atoms with Gasteiger partial charge in [-0.15, -0.1) is 0 Å². The van der Waals surface area contributed by atoms with Gasteiger partial charge in [0.25, 0.3) is 0 Å². The first-order chi connectivity index (χ1) is 9.85. The van der Waals surface area contributed by atoms with Crippen molar-refractivity contribution in [2.45, 2.75) is 33.6 Å². The van der Waals surface area contributed by atoms with Gasteiger partial charge >= 0.3 is 0 Å². The highest BCUT2D eigenvalue weighted by Crippen LogP contribution is 2.33. The molecule has 0 aliphatic carbocycles. The average molecular weight is 351 g/mol. The van der Waals surface area contributed by atoms with E-state index in [-0.39, 0.29) is 5.43 Å². The molecule has 5 heteroatoms. The average Bonchev–Trinajstić information content (AvgIpc) is 2.40. The zero-order valence-electron chi connectivity index (χ0n) is 12.6. The zero-order chi connectivity index (χ0) is 15.2. The molecule has 0 amide bonds. The van der Waals surface area contributed by atoms with E-state index in [1.54, 1.807) is 12.1 Å². The normalized spacial score (nSPS) is 18.2. The van der Waals surface area contributed by atoms with E-state index in [1.165, 1.54) is 0 Å². The third kappa shape index (κ3) is 2.84. The molecule has 0 saturated carbocycles. The Balaban J connectivity index is 2.04. The maximum atomic E-state index is 12.3. The predicted octanol–water partition coefficient (Wildman–Crippen LogP) is 3.89. The van der Waals surface area contributed by atoms with Gasteiger partial charge in [-0.1, -0.05) is 13.8 Å². The molecule has 1 aliphatic heterocycles. The van der Waals surface area contributed by atoms with Crippen molar-refractivity contribution < 1.29 is 4.42 Å². The molecule has 3 heterocycles. The third-order valence-electron chi connectivity index (χ3n) is 4.22. The van der Waals surface area contributed by atoms with E-state index in [4.69, 9.17) is 4.42 Å². The number of pyridine rings is 1. The Bertz CT molecular complexity index is 742. The summed E-state index contributed by atoms with van der Waals surface area (Å²) in [5.41, 5.74) is 1.69. The Labute approximate surface area is 132 Å². The molecule has 0 bridgehead atoms. The summed E-state index contributed by atoms with van der Waals surface area (Å²) in [5, 5.41) is 0.579. The van der Waals surface area contributed by atoms with E-state index in [9.17, 15) is 4.79 Å². The lowest BCUT2D eigenvalue weighted by atomic mass is 9.83. The Morgan fingerprint density at radius 3 is 2.62 bits per heavy atom. The summed E-state index contributed by atoms with van der Waals surface area (Å²) in [6, 6.07) is 3.38. The van der Waals surface area contributed by atoms with Gasteiger partial charge in [0.05, 0.1) is 5.39 Å². The number of nitrogens with zero attached hydrogens (tertiary/aromatic N) is 2. The Morgan fingerprint density at radius 2 is 1.95 bits per heavy atom. The molecule has 112 valence electrons. The van der Waals surface area contributed by atoms with Crippen LogP contribution in [0.3, 0.4) is 0 Å². The van der Waals surface area contributed by atoms with Crippen LogP contribution < -0.4 is 10.3 Å². The molecule has 0 atom stereocenters. The number of piperidine rings is 1. The quantitative estimate of drug-likeness (QED) is 0.732. The van der Waals surface area contributed by atoms with Crippen molar-refractivity contribution in [3.63, 3.8) is 0 Å². The molecule has 0 spiro atoms. The second-order valence-electron chi connectivity index (χ2n) is 6.53. The van der Waals surface area contributed by atoms with Gasteiger partial charge in [0, 0.05) is 24.8 Å². The number of fused-ring (bicyclic) bond motifs is 1. The highest BCUT2D eigenvalue weighted by molar-refractivity contribution is 9.10. The van der Waals surface area contributed by atoms with Crippen LogP contribution in [0.1, 0.15) is 32.4 Å². The van der Waals surface area contributed by atoms with Crippen LogP contribution in [0.5, 0.6) is 0 Å². The van der Waals surface area contributed by atoms with Crippen LogP contribution in [-0.4, -0.2) is 18.1 Å². The number of aryl methyl sites for hydroxylation is 1. The van der Waals surface area contributed by atoms with Gasteiger partial charge in [-0.3, -0.25) is 4.79 Å². The van der Waals surface area contributed by atoms with Crippen LogP contribution in [0.25, 0.3) is 11.0 Å². The topological polar surface area (TPSA) is 46.3 Å². The number of aromatic nitrogens is 1. The minimum Gasteiger partial charge on any atom is -0.437 e. The summed E-state index contributed by atoms with van der Waals surface area (Å²) >= 11 is 3.40. The van der Waals surface area contributed by atoms with Crippen molar-refractivity contribution in [1.29, 1.82) is 0 Å². The molecule has 21 heavy (non-hydrogen) atoms. The van der Waals surface area contributed by atoms with Gasteiger partial charge in [0.2, 0.25) is 0 Å². The van der Waals surface area contributed by atoms with Gasteiger partial charge in [0.15, 0.2) is 16.9 Å². The van der Waals surface area contributed by atoms with Crippen molar-refractivity contribution >= 4 is 32.8 Å². The van der Waals surface area contributed by atoms with Gasteiger partial charge in [-0.05, 0) is 47.2 Å². The lowest BCUT2D eigenvalue weighted by Gasteiger charge is -2.37. The number of halogens is 1. The molecule has 3 rings (SSSR count). The predicted molar refractivity (Wildman–Crippen MR) is 87.9 cm³/mol. The molecule has 0 N–H and O–H groups in total. The molecule has 0 aromatic carbocycles. The number of hydrogen-bond acceptors (Lipinski definition) is 4. The third-order valence-corrected chi connectivity index (χ3v) is 4.75. The van der Waals surface area contributed by atoms with Crippen LogP contribution in [0.2, 0.25) is 0 Å². The summed E-state index contributed by atoms with van der Waals surface area (Å²) in [4.78, 5) is 18.8. The Kier molecular flexibility index (Phi) is 3.56. The van der Waals surface area contributed by atoms with E-state index < -0.39 is 0 Å². The monoisotopic (exact) mass is 350 g/mol. The van der Waals surface area contributed by atoms with Gasteiger partial charge < -0.3 is 9.32 Å². The van der Waals surface area contributed by atoms with Crippen molar-refractivity contribution in [3.8, 4) is 0 Å². The first kappa shape index (κ1) is 14.6. The van der Waals surface area contributed by atoms with Crippen LogP contribution in [0.15, 0.2) is 25.9 Å². The summed E-state index contributed by atoms with van der Waals surface area (Å²) in [6.45, 7) is 8.26. The highest BCUT2D eigenvalue weighted by Gasteiger charge is 2.27. The summed E-state index contributed by atoms with van der Waals surface area (Å²) in [5.74, 6) is 0.648. The lowest BCUT2D eigenvalue weighted by Crippen LogP contribution is -2.37. The molecule has 0 unspecified atom stereocenters. The first-order valence-corrected chi connectivity index (χ1v) is 8.01. The second kappa shape index (κ2) is 5.13. The Hall–Kier alpha value is -1.36. The first-order valence-electron chi connectivity index (χ1n) is 7.22. The molecule has 1 saturated heterocycles. The number of rotatable bonds is 1. The van der Waals surface area contributed by atoms with Crippen LogP contribution in [0.4, 0.5) is 5.88 Å². The SMILES string of the molecule is Cc1cc2c(=O)cc(N3CCC(C)(C)CC3)oc2c(Br)n1. The van der Waals surface area contributed by atoms with E-state index >= 15 is 0 Å². The standard InChI is InChI=1S/C16H19BrN2O2/c1-10-8-11-12(20)9-13(21-14(11)15(17)18-10)19-6-4-16(2,3)5-7-19/h8-9H,4-7H2,1-3H3. The lowest BCUT2D eigenvalue weighted by molar-refractivity contribution is 0.274. The fraction of sp³-hybridized carbons (Fsp3) is 0.500. The maximum Gasteiger partial charge on any atom is 0.200 e. The van der Waals surface area contributed by atoms with Crippen LogP contribution in [0, 0.1) is 12.3 Å². The minimum absolute atomic E-state index is 0.0118. The highest BCUT2D eigenvalue weighted by atomic mass is 79.9. The fourth-order valence-corrected chi connectivity index (χ4v) is 3.29. The van der Waals surface area contributed by atoms with Gasteiger partial charge in [-0.2, -0.15) is 0 Å². The van der Waals surface area contributed by atoms with Gasteiger partial charge in [0.1, 0.15) is 4.60 Å². The summed E-state index contributed by atoms with van der Waals surface area (Å²) in [6.07, 6.45) is 2.20. The number of anilines is 1. The molecule has 2 aromatic heterocycles. The maximum absolute atomic E-state index is 12.3. The van der Waals surface area contributed by atoms with Crippen molar-refractivity contribution in [2.75, 3.05) is 18.0 Å². The van der Waals surface area contributed by atoms with E-state index in [2.05, 4.69) is 39.7 Å². The Morgan fingerprint density at radius 1 is 1.29 bits per heavy atom. The summed E-state index contributed by atoms with van der Waals surface area (Å²) in [7, 11) is 0. The number of hydrogen-bond donors (Lipinski definition) is 0. The molecule has 1 fully saturated rings. The minimum atomic E-state index is -0.0118. The largest absolute Gasteiger partial charge is 0.437 e. The van der Waals surface area contributed by atoms with Crippen molar-refractivity contribution in [3.05, 3.63) is 32.7 Å². The molecular weight excluding hydrogens is 332 g/mol. The van der Waals surface area contributed by atoms with Crippen LogP contribution >= 0.6 is 15.9 Å². The summed E-state index contributed by atoms with van der Waals surface area (Å²) < 4.78 is 6.54. The smallest absolute Gasteiger partial charge is 0.200 e. The van der Waals surface area contributed by atoms with Crippen LogP contribution in [-0.2, 0) is 0 Å². The fourth-order valence-electron chi connectivity index (χ4n) is 2.72. The molecule has 2 aromatic rings.